The predicted octanol–water partition coefficient (Wildman–Crippen LogP) is 3.50. The summed E-state index contributed by atoms with van der Waals surface area (Å²) in [6.07, 6.45) is -0.184. The van der Waals surface area contributed by atoms with Crippen LogP contribution in [0, 0.1) is 6.92 Å². The molecule has 1 atom stereocenters. The Morgan fingerprint density at radius 2 is 2.00 bits per heavy atom. The van der Waals surface area contributed by atoms with Crippen LogP contribution < -0.4 is 4.90 Å². The van der Waals surface area contributed by atoms with E-state index >= 15 is 0 Å². The molecule has 0 radical (unpaired) electrons. The lowest BCUT2D eigenvalue weighted by atomic mass is 10.1. The van der Waals surface area contributed by atoms with Gasteiger partial charge in [0.25, 0.3) is 0 Å². The largest absolute Gasteiger partial charge is 0.507 e. The number of phenolic OH excluding ortho intramolecular Hbond substituents is 1. The van der Waals surface area contributed by atoms with Gasteiger partial charge in [0, 0.05) is 25.5 Å². The molecule has 1 aliphatic rings. The smallest absolute Gasteiger partial charge is 0.407 e. The zero-order valence-electron chi connectivity index (χ0n) is 15.8. The van der Waals surface area contributed by atoms with Crippen molar-refractivity contribution in [2.24, 2.45) is 0 Å². The van der Waals surface area contributed by atoms with Crippen LogP contribution in [0.5, 0.6) is 5.75 Å². The molecule has 2 heterocycles. The molecule has 1 amide bonds. The van der Waals surface area contributed by atoms with Crippen molar-refractivity contribution >= 4 is 22.8 Å². The molecule has 1 aliphatic heterocycles. The number of nitrogens with zero attached hydrogens (tertiary/aromatic N) is 4. The Morgan fingerprint density at radius 3 is 2.75 bits per heavy atom. The average Bonchev–Trinajstić information content (AvgIpc) is 3.16. The normalized spacial score (nSPS) is 16.5. The number of carbonyl (C=O) groups is 1. The maximum atomic E-state index is 11.3. The molecule has 7 heteroatoms. The zero-order chi connectivity index (χ0) is 19.8. The zero-order valence-corrected chi connectivity index (χ0v) is 15.8. The van der Waals surface area contributed by atoms with E-state index < -0.39 is 6.09 Å². The highest BCUT2D eigenvalue weighted by atomic mass is 16.4. The number of anilines is 1. The monoisotopic (exact) mass is 378 g/mol. The van der Waals surface area contributed by atoms with Crippen LogP contribution in [0.3, 0.4) is 0 Å². The number of carboxylic acid groups (broad SMARTS) is 1. The highest BCUT2D eigenvalue weighted by molar-refractivity contribution is 5.92. The third kappa shape index (κ3) is 3.19. The van der Waals surface area contributed by atoms with Gasteiger partial charge in [-0.1, -0.05) is 18.2 Å². The van der Waals surface area contributed by atoms with Crippen LogP contribution in [0.1, 0.15) is 12.0 Å². The van der Waals surface area contributed by atoms with Gasteiger partial charge >= 0.3 is 6.09 Å². The van der Waals surface area contributed by atoms with Gasteiger partial charge in [-0.3, -0.25) is 0 Å². The van der Waals surface area contributed by atoms with Crippen LogP contribution in [0.25, 0.3) is 22.3 Å². The summed E-state index contributed by atoms with van der Waals surface area (Å²) in [5, 5.41) is 20.5. The summed E-state index contributed by atoms with van der Waals surface area (Å²) < 4.78 is 0. The van der Waals surface area contributed by atoms with E-state index in [1.165, 1.54) is 4.90 Å². The Hall–Kier alpha value is -3.35. The summed E-state index contributed by atoms with van der Waals surface area (Å²) in [5.74, 6) is 1.36. The van der Waals surface area contributed by atoms with E-state index in [1.54, 1.807) is 25.2 Å². The van der Waals surface area contributed by atoms with Gasteiger partial charge in [-0.15, -0.1) is 0 Å². The minimum atomic E-state index is -0.926. The first-order valence-electron chi connectivity index (χ1n) is 9.21. The molecule has 1 fully saturated rings. The molecule has 0 aliphatic carbocycles. The first kappa shape index (κ1) is 18.0. The van der Waals surface area contributed by atoms with Crippen molar-refractivity contribution in [3.63, 3.8) is 0 Å². The van der Waals surface area contributed by atoms with Crippen molar-refractivity contribution in [3.8, 4) is 17.1 Å². The summed E-state index contributed by atoms with van der Waals surface area (Å²) in [7, 11) is 1.60. The number of fused-ring (bicyclic) bond motifs is 1. The predicted molar refractivity (Wildman–Crippen MR) is 108 cm³/mol. The highest BCUT2D eigenvalue weighted by Crippen LogP contribution is 2.33. The first-order valence-corrected chi connectivity index (χ1v) is 9.21. The van der Waals surface area contributed by atoms with Gasteiger partial charge in [-0.25, -0.2) is 14.8 Å². The van der Waals surface area contributed by atoms with E-state index in [9.17, 15) is 15.0 Å². The van der Waals surface area contributed by atoms with E-state index in [0.717, 1.165) is 28.7 Å². The van der Waals surface area contributed by atoms with Gasteiger partial charge in [-0.2, -0.15) is 0 Å². The van der Waals surface area contributed by atoms with Crippen molar-refractivity contribution in [2.45, 2.75) is 19.4 Å². The third-order valence-electron chi connectivity index (χ3n) is 5.29. The number of phenols is 1. The Bertz CT molecular complexity index is 1050. The van der Waals surface area contributed by atoms with E-state index in [2.05, 4.69) is 9.88 Å². The van der Waals surface area contributed by atoms with Crippen LogP contribution in [-0.2, 0) is 0 Å². The van der Waals surface area contributed by atoms with E-state index in [0.29, 0.717) is 24.5 Å². The van der Waals surface area contributed by atoms with Gasteiger partial charge in [0.1, 0.15) is 11.6 Å². The number of hydrogen-bond acceptors (Lipinski definition) is 5. The first-order chi connectivity index (χ1) is 13.4. The molecule has 4 rings (SSSR count). The molecule has 0 bridgehead atoms. The quantitative estimate of drug-likeness (QED) is 0.725. The number of aromatic nitrogens is 2. The van der Waals surface area contributed by atoms with Crippen LogP contribution in [-0.4, -0.2) is 57.4 Å². The Kier molecular flexibility index (Phi) is 4.50. The number of likely N-dealkylation sites (N-methyl/N-ethyl adjacent to an activating group) is 1. The molecule has 2 aromatic carbocycles. The lowest BCUT2D eigenvalue weighted by Gasteiger charge is -2.23. The summed E-state index contributed by atoms with van der Waals surface area (Å²) in [6, 6.07) is 13.0. The molecule has 144 valence electrons. The van der Waals surface area contributed by atoms with Gasteiger partial charge in [0.15, 0.2) is 5.82 Å². The minimum absolute atomic E-state index is 0.0819. The van der Waals surface area contributed by atoms with Gasteiger partial charge in [-0.05, 0) is 43.2 Å². The molecular weight excluding hydrogens is 356 g/mol. The fraction of sp³-hybridized carbons (Fsp3) is 0.286. The van der Waals surface area contributed by atoms with Gasteiger partial charge in [0.05, 0.1) is 17.1 Å². The standard InChI is InChI=1S/C21H22N4O3/c1-13-7-8-15-17(11-13)22-19(16-5-3-4-6-18(16)26)23-20(15)25-10-9-14(12-25)24(2)21(27)28/h3-8,11,14,26H,9-10,12H2,1-2H3,(H,27,28). The van der Waals surface area contributed by atoms with E-state index in [1.807, 2.05) is 31.2 Å². The number of hydrogen-bond donors (Lipinski definition) is 2. The topological polar surface area (TPSA) is 89.8 Å². The molecule has 1 aromatic heterocycles. The number of aryl methyl sites for hydroxylation is 1. The second kappa shape index (κ2) is 6.99. The van der Waals surface area contributed by atoms with Crippen molar-refractivity contribution in [3.05, 3.63) is 48.0 Å². The molecule has 28 heavy (non-hydrogen) atoms. The summed E-state index contributed by atoms with van der Waals surface area (Å²) in [6.45, 7) is 3.29. The third-order valence-corrected chi connectivity index (χ3v) is 5.29. The molecule has 0 saturated carbocycles. The van der Waals surface area contributed by atoms with Gasteiger partial charge < -0.3 is 20.0 Å². The Balaban J connectivity index is 1.81. The lowest BCUT2D eigenvalue weighted by Crippen LogP contribution is -2.38. The van der Waals surface area contributed by atoms with Crippen molar-refractivity contribution < 1.29 is 15.0 Å². The molecule has 3 aromatic rings. The number of aromatic hydroxyl groups is 1. The molecule has 2 N–H and O–H groups in total. The number of para-hydroxylation sites is 1. The average molecular weight is 378 g/mol. The second-order valence-corrected chi connectivity index (χ2v) is 7.19. The fourth-order valence-corrected chi connectivity index (χ4v) is 3.65. The molecule has 1 unspecified atom stereocenters. The van der Waals surface area contributed by atoms with Crippen LogP contribution in [0.15, 0.2) is 42.5 Å². The van der Waals surface area contributed by atoms with E-state index in [-0.39, 0.29) is 11.8 Å². The van der Waals surface area contributed by atoms with Crippen molar-refractivity contribution in [1.29, 1.82) is 0 Å². The number of amides is 1. The van der Waals surface area contributed by atoms with Crippen molar-refractivity contribution in [1.82, 2.24) is 14.9 Å². The minimum Gasteiger partial charge on any atom is -0.507 e. The SMILES string of the molecule is Cc1ccc2c(N3CCC(N(C)C(=O)O)C3)nc(-c3ccccc3O)nc2c1. The molecule has 0 spiro atoms. The fourth-order valence-electron chi connectivity index (χ4n) is 3.65. The number of rotatable bonds is 3. The van der Waals surface area contributed by atoms with Crippen LogP contribution in [0.2, 0.25) is 0 Å². The second-order valence-electron chi connectivity index (χ2n) is 7.19. The lowest BCUT2D eigenvalue weighted by molar-refractivity contribution is 0.142. The summed E-state index contributed by atoms with van der Waals surface area (Å²) >= 11 is 0. The Morgan fingerprint density at radius 1 is 1.21 bits per heavy atom. The van der Waals surface area contributed by atoms with Crippen LogP contribution in [0.4, 0.5) is 10.6 Å². The number of benzene rings is 2. The summed E-state index contributed by atoms with van der Waals surface area (Å²) in [5.41, 5.74) is 2.47. The van der Waals surface area contributed by atoms with E-state index in [4.69, 9.17) is 4.98 Å². The summed E-state index contributed by atoms with van der Waals surface area (Å²) in [4.78, 5) is 24.2. The van der Waals surface area contributed by atoms with Crippen molar-refractivity contribution in [2.75, 3.05) is 25.0 Å². The maximum absolute atomic E-state index is 11.3. The molecular formula is C21H22N4O3. The molecule has 7 nitrogen and oxygen atoms in total. The Labute approximate surface area is 162 Å². The maximum Gasteiger partial charge on any atom is 0.407 e. The van der Waals surface area contributed by atoms with Gasteiger partial charge in [0.2, 0.25) is 0 Å². The highest BCUT2D eigenvalue weighted by Gasteiger charge is 2.30. The molecule has 1 saturated heterocycles. The van der Waals surface area contributed by atoms with Crippen LogP contribution >= 0.6 is 0 Å².